The van der Waals surface area contributed by atoms with E-state index in [9.17, 15) is 27.1 Å². The monoisotopic (exact) mass is 428 g/mol. The van der Waals surface area contributed by atoms with Crippen LogP contribution in [0.2, 0.25) is 0 Å². The lowest BCUT2D eigenvalue weighted by atomic mass is 9.88. The number of nitrogens with one attached hydrogen (secondary N) is 1. The number of fused-ring (bicyclic) bond motifs is 1. The van der Waals surface area contributed by atoms with Crippen LogP contribution in [0.5, 0.6) is 0 Å². The van der Waals surface area contributed by atoms with Gasteiger partial charge in [-0.05, 0) is 43.3 Å². The molecule has 3 nitrogen and oxygen atoms in total. The quantitative estimate of drug-likeness (QED) is 0.437. The number of rotatable bonds is 5. The molecule has 2 aromatic carbocycles. The minimum Gasteiger partial charge on any atom is -0.378 e. The van der Waals surface area contributed by atoms with Crippen LogP contribution in [0.3, 0.4) is 0 Å². The van der Waals surface area contributed by atoms with Crippen LogP contribution in [0.25, 0.3) is 10.9 Å². The van der Waals surface area contributed by atoms with E-state index in [2.05, 4.69) is 10.3 Å². The first-order chi connectivity index (χ1) is 13.6. The van der Waals surface area contributed by atoms with Gasteiger partial charge in [-0.25, -0.2) is 8.78 Å². The van der Waals surface area contributed by atoms with Gasteiger partial charge in [0.25, 0.3) is 0 Å². The average molecular weight is 428 g/mol. The van der Waals surface area contributed by atoms with Gasteiger partial charge in [0.15, 0.2) is 5.60 Å². The molecule has 0 aliphatic carbocycles. The molecule has 1 heterocycles. The van der Waals surface area contributed by atoms with E-state index < -0.39 is 41.2 Å². The number of aliphatic hydroxyl groups is 1. The van der Waals surface area contributed by atoms with E-state index in [-0.39, 0.29) is 5.69 Å². The minimum atomic E-state index is -5.17. The Labute approximate surface area is 166 Å². The molecule has 0 saturated carbocycles. The van der Waals surface area contributed by atoms with E-state index in [0.29, 0.717) is 16.6 Å². The maximum absolute atomic E-state index is 14.4. The molecule has 29 heavy (non-hydrogen) atoms. The number of benzene rings is 2. The Balaban J connectivity index is 2.22. The standard InChI is InChI=1S/C20H18F5N2OP/c1-11-8-9-12-15(26-11)6-3-7-16(12)27-18(19(28,10-29)20(23,24)25)17-13(21)4-2-5-14(17)22/h2-9,18,27-28H,10,29H2,1H3. The summed E-state index contributed by atoms with van der Waals surface area (Å²) < 4.78 is 70.3. The minimum absolute atomic E-state index is 0.156. The summed E-state index contributed by atoms with van der Waals surface area (Å²) in [7, 11) is 1.80. The Kier molecular flexibility index (Phi) is 5.79. The van der Waals surface area contributed by atoms with E-state index in [4.69, 9.17) is 0 Å². The summed E-state index contributed by atoms with van der Waals surface area (Å²) in [6, 6.07) is 8.58. The smallest absolute Gasteiger partial charge is 0.378 e. The van der Waals surface area contributed by atoms with Gasteiger partial charge in [-0.15, -0.1) is 9.24 Å². The third-order valence-corrected chi connectivity index (χ3v) is 5.36. The molecule has 0 spiro atoms. The Hall–Kier alpha value is -2.31. The first kappa shape index (κ1) is 21.4. The molecular weight excluding hydrogens is 410 g/mol. The molecule has 0 fully saturated rings. The maximum Gasteiger partial charge on any atom is 0.419 e. The van der Waals surface area contributed by atoms with E-state index in [1.54, 1.807) is 40.4 Å². The summed E-state index contributed by atoms with van der Waals surface area (Å²) in [5, 5.41) is 13.5. The van der Waals surface area contributed by atoms with Crippen molar-refractivity contribution in [3.63, 3.8) is 0 Å². The number of pyridine rings is 1. The molecule has 9 heteroatoms. The second kappa shape index (κ2) is 7.84. The highest BCUT2D eigenvalue weighted by molar-refractivity contribution is 7.16. The Morgan fingerprint density at radius 2 is 1.66 bits per heavy atom. The lowest BCUT2D eigenvalue weighted by Crippen LogP contribution is -2.54. The van der Waals surface area contributed by atoms with Gasteiger partial charge in [0.05, 0.1) is 11.6 Å². The number of hydrogen-bond acceptors (Lipinski definition) is 3. The molecule has 0 aliphatic rings. The molecule has 1 aromatic heterocycles. The third-order valence-electron chi connectivity index (χ3n) is 4.74. The number of halogens is 5. The second-order valence-corrected chi connectivity index (χ2v) is 7.07. The molecule has 3 aromatic rings. The van der Waals surface area contributed by atoms with Crippen molar-refractivity contribution >= 4 is 25.8 Å². The summed E-state index contributed by atoms with van der Waals surface area (Å²) in [6.45, 7) is 1.76. The fourth-order valence-corrected chi connectivity index (χ4v) is 3.62. The molecular formula is C20H18F5N2OP. The number of nitrogens with zero attached hydrogens (tertiary/aromatic N) is 1. The van der Waals surface area contributed by atoms with Crippen LogP contribution in [-0.4, -0.2) is 28.0 Å². The molecule has 3 unspecified atom stereocenters. The zero-order chi connectivity index (χ0) is 21.4. The number of aryl methyl sites for hydroxylation is 1. The number of anilines is 1. The fourth-order valence-electron chi connectivity index (χ4n) is 3.15. The van der Waals surface area contributed by atoms with Gasteiger partial charge in [0.1, 0.15) is 11.6 Å². The molecule has 0 aliphatic heterocycles. The van der Waals surface area contributed by atoms with Crippen LogP contribution < -0.4 is 5.32 Å². The van der Waals surface area contributed by atoms with Crippen molar-refractivity contribution in [2.45, 2.75) is 24.7 Å². The van der Waals surface area contributed by atoms with Crippen molar-refractivity contribution in [1.29, 1.82) is 0 Å². The highest BCUT2D eigenvalue weighted by atomic mass is 31.0. The molecule has 3 atom stereocenters. The van der Waals surface area contributed by atoms with Gasteiger partial charge < -0.3 is 10.4 Å². The summed E-state index contributed by atoms with van der Waals surface area (Å²) in [5.74, 6) is -2.39. The van der Waals surface area contributed by atoms with Crippen molar-refractivity contribution in [2.24, 2.45) is 0 Å². The zero-order valence-electron chi connectivity index (χ0n) is 15.3. The summed E-state index contributed by atoms with van der Waals surface area (Å²) in [5.41, 5.74) is -3.01. The Bertz CT molecular complexity index is 1020. The molecule has 3 rings (SSSR count). The van der Waals surface area contributed by atoms with E-state index in [1.807, 2.05) is 0 Å². The van der Waals surface area contributed by atoms with Crippen LogP contribution >= 0.6 is 9.24 Å². The normalized spacial score (nSPS) is 15.2. The van der Waals surface area contributed by atoms with Gasteiger partial charge >= 0.3 is 6.18 Å². The van der Waals surface area contributed by atoms with Crippen LogP contribution in [0, 0.1) is 18.6 Å². The SMILES string of the molecule is Cc1ccc2c(NC(c3c(F)cccc3F)C(O)(CP)C(F)(F)F)cccc2n1. The number of hydrogen-bond donors (Lipinski definition) is 2. The van der Waals surface area contributed by atoms with Crippen molar-refractivity contribution in [3.05, 3.63) is 71.4 Å². The average Bonchev–Trinajstić information content (AvgIpc) is 2.65. The lowest BCUT2D eigenvalue weighted by molar-refractivity contribution is -0.257. The largest absolute Gasteiger partial charge is 0.419 e. The lowest BCUT2D eigenvalue weighted by Gasteiger charge is -2.38. The molecule has 0 bridgehead atoms. The Morgan fingerprint density at radius 1 is 1.03 bits per heavy atom. The number of alkyl halides is 3. The van der Waals surface area contributed by atoms with Gasteiger partial charge in [0.2, 0.25) is 0 Å². The van der Waals surface area contributed by atoms with E-state index in [0.717, 1.165) is 18.2 Å². The first-order valence-corrected chi connectivity index (χ1v) is 9.46. The Morgan fingerprint density at radius 3 is 2.24 bits per heavy atom. The topological polar surface area (TPSA) is 45.1 Å². The second-order valence-electron chi connectivity index (χ2n) is 6.66. The van der Waals surface area contributed by atoms with Crippen molar-refractivity contribution < 1.29 is 27.1 Å². The molecule has 0 saturated heterocycles. The molecule has 154 valence electrons. The molecule has 0 radical (unpaired) electrons. The summed E-state index contributed by atoms with van der Waals surface area (Å²) in [6.07, 6.45) is -6.06. The van der Waals surface area contributed by atoms with Gasteiger partial charge in [0, 0.05) is 28.5 Å². The van der Waals surface area contributed by atoms with Gasteiger partial charge in [-0.1, -0.05) is 12.1 Å². The fraction of sp³-hybridized carbons (Fsp3) is 0.250. The highest BCUT2D eigenvalue weighted by Crippen LogP contribution is 2.45. The molecule has 0 amide bonds. The summed E-state index contributed by atoms with van der Waals surface area (Å²) >= 11 is 0. The maximum atomic E-state index is 14.4. The van der Waals surface area contributed by atoms with Crippen molar-refractivity contribution in [1.82, 2.24) is 4.98 Å². The van der Waals surface area contributed by atoms with E-state index in [1.165, 1.54) is 6.07 Å². The zero-order valence-corrected chi connectivity index (χ0v) is 16.4. The van der Waals surface area contributed by atoms with Crippen LogP contribution in [0.1, 0.15) is 17.3 Å². The van der Waals surface area contributed by atoms with Crippen LogP contribution in [-0.2, 0) is 0 Å². The first-order valence-electron chi connectivity index (χ1n) is 8.64. The van der Waals surface area contributed by atoms with Crippen LogP contribution in [0.15, 0.2) is 48.5 Å². The highest BCUT2D eigenvalue weighted by Gasteiger charge is 2.59. The van der Waals surface area contributed by atoms with Crippen LogP contribution in [0.4, 0.5) is 27.6 Å². The van der Waals surface area contributed by atoms with Gasteiger partial charge in [-0.3, -0.25) is 4.98 Å². The van der Waals surface area contributed by atoms with E-state index >= 15 is 0 Å². The number of aromatic nitrogens is 1. The summed E-state index contributed by atoms with van der Waals surface area (Å²) in [4.78, 5) is 4.31. The molecule has 2 N–H and O–H groups in total. The van der Waals surface area contributed by atoms with Crippen molar-refractivity contribution in [2.75, 3.05) is 11.5 Å². The van der Waals surface area contributed by atoms with Crippen molar-refractivity contribution in [3.8, 4) is 0 Å². The predicted molar refractivity (Wildman–Crippen MR) is 105 cm³/mol. The third kappa shape index (κ3) is 3.91. The van der Waals surface area contributed by atoms with Gasteiger partial charge in [-0.2, -0.15) is 13.2 Å². The predicted octanol–water partition coefficient (Wildman–Crippen LogP) is 5.14.